The molecule has 3 aromatic rings. The zero-order valence-electron chi connectivity index (χ0n) is 16.5. The molecule has 0 radical (unpaired) electrons. The molecule has 1 amide bonds. The molecule has 0 heterocycles. The molecular formula is C25H26N2O2. The van der Waals surface area contributed by atoms with Crippen molar-refractivity contribution >= 4 is 23.2 Å². The molecule has 0 saturated carbocycles. The second kappa shape index (κ2) is 10.2. The van der Waals surface area contributed by atoms with Crippen molar-refractivity contribution in [2.45, 2.75) is 13.0 Å². The largest absolute Gasteiger partial charge is 0.392 e. The minimum atomic E-state index is -0.562. The van der Waals surface area contributed by atoms with Gasteiger partial charge in [-0.1, -0.05) is 60.7 Å². The van der Waals surface area contributed by atoms with Gasteiger partial charge in [0.25, 0.3) is 5.91 Å². The maximum absolute atomic E-state index is 12.1. The van der Waals surface area contributed by atoms with E-state index in [2.05, 4.69) is 41.0 Å². The molecule has 0 aliphatic rings. The van der Waals surface area contributed by atoms with Crippen LogP contribution in [0.3, 0.4) is 0 Å². The fourth-order valence-electron chi connectivity index (χ4n) is 2.92. The van der Waals surface area contributed by atoms with Gasteiger partial charge in [-0.2, -0.15) is 0 Å². The topological polar surface area (TPSA) is 61.4 Å². The Labute approximate surface area is 171 Å². The van der Waals surface area contributed by atoms with E-state index in [0.29, 0.717) is 12.1 Å². The number of benzene rings is 3. The van der Waals surface area contributed by atoms with Crippen molar-refractivity contribution in [1.29, 1.82) is 0 Å². The summed E-state index contributed by atoms with van der Waals surface area (Å²) in [6.45, 7) is 2.54. The SMILES string of the molecule is CC(O)CNC(=O)c1ccc(NCC(=Cc2ccccc2)c2ccccc2)cc1. The quantitative estimate of drug-likeness (QED) is 0.501. The van der Waals surface area contributed by atoms with Crippen LogP contribution in [0.2, 0.25) is 0 Å². The first-order chi connectivity index (χ1) is 14.1. The molecule has 3 rings (SSSR count). The Bertz CT molecular complexity index is 934. The van der Waals surface area contributed by atoms with Crippen LogP contribution < -0.4 is 10.6 Å². The minimum absolute atomic E-state index is 0.189. The summed E-state index contributed by atoms with van der Waals surface area (Å²) in [5, 5.41) is 15.4. The molecule has 1 unspecified atom stereocenters. The second-order valence-corrected chi connectivity index (χ2v) is 6.94. The maximum atomic E-state index is 12.1. The predicted molar refractivity (Wildman–Crippen MR) is 120 cm³/mol. The van der Waals surface area contributed by atoms with Crippen LogP contribution in [0.25, 0.3) is 11.6 Å². The Hall–Kier alpha value is -3.37. The first-order valence-electron chi connectivity index (χ1n) is 9.73. The van der Waals surface area contributed by atoms with Gasteiger partial charge in [-0.15, -0.1) is 0 Å². The molecule has 1 atom stereocenters. The zero-order chi connectivity index (χ0) is 20.5. The first kappa shape index (κ1) is 20.4. The van der Waals surface area contributed by atoms with E-state index in [1.54, 1.807) is 19.1 Å². The van der Waals surface area contributed by atoms with Crippen molar-refractivity contribution in [2.75, 3.05) is 18.4 Å². The van der Waals surface area contributed by atoms with Gasteiger partial charge in [0, 0.05) is 24.3 Å². The standard InChI is InChI=1S/C25H26N2O2/c1-19(28)17-27-25(29)22-12-14-24(15-13-22)26-18-23(21-10-6-3-7-11-21)16-20-8-4-2-5-9-20/h2-16,19,26,28H,17-18H2,1H3,(H,27,29). The monoisotopic (exact) mass is 386 g/mol. The summed E-state index contributed by atoms with van der Waals surface area (Å²) in [5.74, 6) is -0.189. The van der Waals surface area contributed by atoms with Gasteiger partial charge in [-0.3, -0.25) is 4.79 Å². The lowest BCUT2D eigenvalue weighted by Crippen LogP contribution is -2.30. The number of hydrogen-bond donors (Lipinski definition) is 3. The fourth-order valence-corrected chi connectivity index (χ4v) is 2.92. The van der Waals surface area contributed by atoms with Crippen LogP contribution in [-0.4, -0.2) is 30.2 Å². The van der Waals surface area contributed by atoms with Crippen molar-refractivity contribution in [2.24, 2.45) is 0 Å². The number of aliphatic hydroxyl groups is 1. The number of carbonyl (C=O) groups is 1. The van der Waals surface area contributed by atoms with Gasteiger partial charge < -0.3 is 15.7 Å². The van der Waals surface area contributed by atoms with E-state index in [1.165, 1.54) is 5.57 Å². The van der Waals surface area contributed by atoms with E-state index in [0.717, 1.165) is 16.8 Å². The highest BCUT2D eigenvalue weighted by Gasteiger charge is 2.07. The molecule has 3 N–H and O–H groups in total. The van der Waals surface area contributed by atoms with Gasteiger partial charge in [0.15, 0.2) is 0 Å². The number of nitrogens with one attached hydrogen (secondary N) is 2. The first-order valence-corrected chi connectivity index (χ1v) is 9.73. The van der Waals surface area contributed by atoms with Crippen molar-refractivity contribution in [1.82, 2.24) is 5.32 Å². The van der Waals surface area contributed by atoms with Crippen LogP contribution in [0, 0.1) is 0 Å². The van der Waals surface area contributed by atoms with E-state index in [-0.39, 0.29) is 12.5 Å². The summed E-state index contributed by atoms with van der Waals surface area (Å²) < 4.78 is 0. The van der Waals surface area contributed by atoms with Crippen molar-refractivity contribution in [3.05, 3.63) is 102 Å². The summed E-state index contributed by atoms with van der Waals surface area (Å²) in [6.07, 6.45) is 1.62. The Morgan fingerprint density at radius 1 is 0.897 bits per heavy atom. The van der Waals surface area contributed by atoms with Crippen LogP contribution >= 0.6 is 0 Å². The van der Waals surface area contributed by atoms with Gasteiger partial charge in [-0.25, -0.2) is 0 Å². The average molecular weight is 386 g/mol. The molecule has 4 heteroatoms. The molecular weight excluding hydrogens is 360 g/mol. The molecule has 3 aromatic carbocycles. The third kappa shape index (κ3) is 6.33. The normalized spacial score (nSPS) is 12.3. The van der Waals surface area contributed by atoms with Crippen molar-refractivity contribution in [3.63, 3.8) is 0 Å². The predicted octanol–water partition coefficient (Wildman–Crippen LogP) is 4.45. The molecule has 0 aliphatic heterocycles. The number of anilines is 1. The van der Waals surface area contributed by atoms with Crippen molar-refractivity contribution in [3.8, 4) is 0 Å². The summed E-state index contributed by atoms with van der Waals surface area (Å²) in [6, 6.07) is 27.9. The van der Waals surface area contributed by atoms with Gasteiger partial charge in [0.2, 0.25) is 0 Å². The molecule has 0 bridgehead atoms. The number of aliphatic hydroxyl groups excluding tert-OH is 1. The van der Waals surface area contributed by atoms with Crippen LogP contribution in [0.15, 0.2) is 84.9 Å². The summed E-state index contributed by atoms with van der Waals surface area (Å²) >= 11 is 0. The summed E-state index contributed by atoms with van der Waals surface area (Å²) in [5.41, 5.74) is 5.00. The number of rotatable bonds is 8. The number of hydrogen-bond acceptors (Lipinski definition) is 3. The van der Waals surface area contributed by atoms with E-state index in [1.807, 2.05) is 48.5 Å². The molecule has 29 heavy (non-hydrogen) atoms. The number of carbonyl (C=O) groups excluding carboxylic acids is 1. The van der Waals surface area contributed by atoms with Crippen LogP contribution in [0.1, 0.15) is 28.4 Å². The lowest BCUT2D eigenvalue weighted by atomic mass is 10.0. The van der Waals surface area contributed by atoms with E-state index < -0.39 is 6.10 Å². The highest BCUT2D eigenvalue weighted by Crippen LogP contribution is 2.20. The lowest BCUT2D eigenvalue weighted by molar-refractivity contribution is 0.0924. The van der Waals surface area contributed by atoms with Crippen LogP contribution in [-0.2, 0) is 0 Å². The van der Waals surface area contributed by atoms with Gasteiger partial charge in [-0.05, 0) is 54.0 Å². The lowest BCUT2D eigenvalue weighted by Gasteiger charge is -2.12. The zero-order valence-corrected chi connectivity index (χ0v) is 16.5. The highest BCUT2D eigenvalue weighted by molar-refractivity contribution is 5.94. The average Bonchev–Trinajstić information content (AvgIpc) is 2.76. The van der Waals surface area contributed by atoms with Crippen LogP contribution in [0.5, 0.6) is 0 Å². The van der Waals surface area contributed by atoms with E-state index >= 15 is 0 Å². The van der Waals surface area contributed by atoms with Gasteiger partial charge in [0.05, 0.1) is 6.10 Å². The fraction of sp³-hybridized carbons (Fsp3) is 0.160. The molecule has 0 saturated heterocycles. The molecule has 0 aliphatic carbocycles. The van der Waals surface area contributed by atoms with Crippen molar-refractivity contribution < 1.29 is 9.90 Å². The van der Waals surface area contributed by atoms with Gasteiger partial charge >= 0.3 is 0 Å². The molecule has 0 fully saturated rings. The van der Waals surface area contributed by atoms with Gasteiger partial charge in [0.1, 0.15) is 0 Å². The summed E-state index contributed by atoms with van der Waals surface area (Å²) in [4.78, 5) is 12.1. The Balaban J connectivity index is 1.70. The minimum Gasteiger partial charge on any atom is -0.392 e. The smallest absolute Gasteiger partial charge is 0.251 e. The Morgan fingerprint density at radius 2 is 1.52 bits per heavy atom. The molecule has 0 aromatic heterocycles. The highest BCUT2D eigenvalue weighted by atomic mass is 16.3. The Kier molecular flexibility index (Phi) is 7.20. The third-order valence-electron chi connectivity index (χ3n) is 4.47. The van der Waals surface area contributed by atoms with Crippen LogP contribution in [0.4, 0.5) is 5.69 Å². The third-order valence-corrected chi connectivity index (χ3v) is 4.47. The Morgan fingerprint density at radius 3 is 2.14 bits per heavy atom. The summed E-state index contributed by atoms with van der Waals surface area (Å²) in [7, 11) is 0. The molecule has 4 nitrogen and oxygen atoms in total. The molecule has 148 valence electrons. The second-order valence-electron chi connectivity index (χ2n) is 6.94. The van der Waals surface area contributed by atoms with E-state index in [4.69, 9.17) is 0 Å². The number of amides is 1. The molecule has 0 spiro atoms. The van der Waals surface area contributed by atoms with E-state index in [9.17, 15) is 9.90 Å². The maximum Gasteiger partial charge on any atom is 0.251 e.